The molecule has 0 spiro atoms. The van der Waals surface area contributed by atoms with Crippen LogP contribution < -0.4 is 11.1 Å². The summed E-state index contributed by atoms with van der Waals surface area (Å²) in [6.07, 6.45) is 0.769. The molecule has 1 amide bonds. The van der Waals surface area contributed by atoms with Crippen LogP contribution in [-0.4, -0.2) is 24.8 Å². The summed E-state index contributed by atoms with van der Waals surface area (Å²) in [5.41, 5.74) is 4.86. The van der Waals surface area contributed by atoms with Gasteiger partial charge in [0.15, 0.2) is 0 Å². The first kappa shape index (κ1) is 9.10. The molecule has 0 aliphatic carbocycles. The van der Waals surface area contributed by atoms with Crippen molar-refractivity contribution in [3.05, 3.63) is 0 Å². The van der Waals surface area contributed by atoms with E-state index in [4.69, 9.17) is 5.73 Å². The van der Waals surface area contributed by atoms with E-state index in [2.05, 4.69) is 5.32 Å². The number of carbonyl (C=O) groups is 2. The molecule has 0 aromatic carbocycles. The van der Waals surface area contributed by atoms with Crippen LogP contribution in [0.4, 0.5) is 0 Å². The Hall–Kier alpha value is -0.900. The predicted octanol–water partition coefficient (Wildman–Crippen LogP) is -0.961. The third-order valence-electron chi connectivity index (χ3n) is 1.05. The Morgan fingerprint density at radius 2 is 2.40 bits per heavy atom. The van der Waals surface area contributed by atoms with Crippen molar-refractivity contribution in [2.24, 2.45) is 5.73 Å². The number of nitrogens with two attached hydrogens (primary N) is 1. The second-order valence-corrected chi connectivity index (χ2v) is 1.97. The van der Waals surface area contributed by atoms with Gasteiger partial charge in [0, 0.05) is 6.42 Å². The Bertz CT molecular complexity index is 125. The van der Waals surface area contributed by atoms with Gasteiger partial charge in [0.2, 0.25) is 5.91 Å². The molecule has 0 rings (SSSR count). The zero-order chi connectivity index (χ0) is 7.98. The quantitative estimate of drug-likeness (QED) is 0.488. The fourth-order valence-corrected chi connectivity index (χ4v) is 0.647. The molecule has 0 saturated carbocycles. The largest absolute Gasteiger partial charge is 0.370 e. The first-order valence-electron chi connectivity index (χ1n) is 3.17. The number of likely N-dealkylation sites (N-methyl/N-ethyl adjacent to an activating group) is 1. The molecule has 4 heteroatoms. The zero-order valence-corrected chi connectivity index (χ0v) is 5.96. The lowest BCUT2D eigenvalue weighted by Gasteiger charge is -2.06. The van der Waals surface area contributed by atoms with Crippen LogP contribution in [0.15, 0.2) is 0 Å². The highest BCUT2D eigenvalue weighted by atomic mass is 16.1. The van der Waals surface area contributed by atoms with Gasteiger partial charge in [-0.05, 0) is 6.54 Å². The normalized spacial score (nSPS) is 12.5. The lowest BCUT2D eigenvalue weighted by atomic mass is 10.2. The van der Waals surface area contributed by atoms with Gasteiger partial charge in [-0.1, -0.05) is 6.92 Å². The Morgan fingerprint density at radius 1 is 1.80 bits per heavy atom. The monoisotopic (exact) mass is 144 g/mol. The van der Waals surface area contributed by atoms with Crippen LogP contribution in [-0.2, 0) is 9.59 Å². The standard InChI is InChI=1S/C6H12N2O2/c1-2-8-5(4-9)3-6(7)10/h4-5,8H,2-3H2,1H3,(H2,7,10)/t5-/m0/s1. The molecule has 0 heterocycles. The molecule has 0 saturated heterocycles. The topological polar surface area (TPSA) is 72.2 Å². The number of hydrogen-bond acceptors (Lipinski definition) is 3. The van der Waals surface area contributed by atoms with Gasteiger partial charge in [0.25, 0.3) is 0 Å². The fraction of sp³-hybridized carbons (Fsp3) is 0.667. The van der Waals surface area contributed by atoms with Crippen LogP contribution in [0.2, 0.25) is 0 Å². The number of aldehydes is 1. The molecule has 0 bridgehead atoms. The van der Waals surface area contributed by atoms with Crippen LogP contribution in [0.3, 0.4) is 0 Å². The second-order valence-electron chi connectivity index (χ2n) is 1.97. The van der Waals surface area contributed by atoms with Gasteiger partial charge in [-0.3, -0.25) is 4.79 Å². The maximum Gasteiger partial charge on any atom is 0.219 e. The lowest BCUT2D eigenvalue weighted by molar-refractivity contribution is -0.120. The molecule has 0 unspecified atom stereocenters. The lowest BCUT2D eigenvalue weighted by Crippen LogP contribution is -2.34. The summed E-state index contributed by atoms with van der Waals surface area (Å²) in [6.45, 7) is 2.52. The van der Waals surface area contributed by atoms with Crippen LogP contribution in [0.1, 0.15) is 13.3 Å². The molecule has 0 aromatic heterocycles. The van der Waals surface area contributed by atoms with Gasteiger partial charge in [-0.15, -0.1) is 0 Å². The molecule has 10 heavy (non-hydrogen) atoms. The van der Waals surface area contributed by atoms with Crippen LogP contribution >= 0.6 is 0 Å². The molecule has 0 aliphatic rings. The van der Waals surface area contributed by atoms with Gasteiger partial charge in [-0.25, -0.2) is 0 Å². The summed E-state index contributed by atoms with van der Waals surface area (Å²) in [5.74, 6) is -0.460. The first-order chi connectivity index (χ1) is 4.70. The minimum atomic E-state index is -0.460. The maximum atomic E-state index is 10.3. The minimum Gasteiger partial charge on any atom is -0.370 e. The van der Waals surface area contributed by atoms with E-state index < -0.39 is 11.9 Å². The van der Waals surface area contributed by atoms with Crippen molar-refractivity contribution in [2.45, 2.75) is 19.4 Å². The summed E-state index contributed by atoms with van der Waals surface area (Å²) in [6, 6.07) is -0.414. The highest BCUT2D eigenvalue weighted by Crippen LogP contribution is 1.84. The van der Waals surface area contributed by atoms with E-state index in [9.17, 15) is 9.59 Å². The Kier molecular flexibility index (Phi) is 4.49. The predicted molar refractivity (Wildman–Crippen MR) is 37.3 cm³/mol. The van der Waals surface area contributed by atoms with Crippen molar-refractivity contribution < 1.29 is 9.59 Å². The van der Waals surface area contributed by atoms with E-state index in [1.807, 2.05) is 6.92 Å². The molecular weight excluding hydrogens is 132 g/mol. The van der Waals surface area contributed by atoms with Crippen molar-refractivity contribution in [2.75, 3.05) is 6.54 Å². The molecule has 0 radical (unpaired) electrons. The summed E-state index contributed by atoms with van der Waals surface area (Å²) in [7, 11) is 0. The third kappa shape index (κ3) is 4.03. The van der Waals surface area contributed by atoms with Crippen molar-refractivity contribution >= 4 is 12.2 Å². The van der Waals surface area contributed by atoms with Gasteiger partial charge >= 0.3 is 0 Å². The first-order valence-corrected chi connectivity index (χ1v) is 3.17. The van der Waals surface area contributed by atoms with Gasteiger partial charge in [0.05, 0.1) is 6.04 Å². The molecule has 0 aromatic rings. The Balaban J connectivity index is 3.59. The molecule has 0 fully saturated rings. The SMILES string of the molecule is CCN[C@H](C=O)CC(N)=O. The molecular formula is C6H12N2O2. The van der Waals surface area contributed by atoms with E-state index in [1.165, 1.54) is 0 Å². The van der Waals surface area contributed by atoms with E-state index in [0.717, 1.165) is 0 Å². The van der Waals surface area contributed by atoms with Crippen molar-refractivity contribution in [1.82, 2.24) is 5.32 Å². The molecule has 1 atom stereocenters. The maximum absolute atomic E-state index is 10.3. The summed E-state index contributed by atoms with van der Waals surface area (Å²) in [5, 5.41) is 2.79. The van der Waals surface area contributed by atoms with Gasteiger partial charge in [-0.2, -0.15) is 0 Å². The number of carbonyl (C=O) groups excluding carboxylic acids is 2. The third-order valence-corrected chi connectivity index (χ3v) is 1.05. The molecule has 3 N–H and O–H groups in total. The zero-order valence-electron chi connectivity index (χ0n) is 5.96. The molecule has 58 valence electrons. The van der Waals surface area contributed by atoms with Crippen molar-refractivity contribution in [1.29, 1.82) is 0 Å². The smallest absolute Gasteiger partial charge is 0.219 e. The highest BCUT2D eigenvalue weighted by Gasteiger charge is 2.07. The van der Waals surface area contributed by atoms with Gasteiger partial charge in [0.1, 0.15) is 6.29 Å². The van der Waals surface area contributed by atoms with E-state index >= 15 is 0 Å². The number of amides is 1. The fourth-order valence-electron chi connectivity index (χ4n) is 0.647. The average Bonchev–Trinajstić information content (AvgIpc) is 1.86. The van der Waals surface area contributed by atoms with Crippen molar-refractivity contribution in [3.8, 4) is 0 Å². The minimum absolute atomic E-state index is 0.0807. The van der Waals surface area contributed by atoms with Crippen LogP contribution in [0.5, 0.6) is 0 Å². The average molecular weight is 144 g/mol. The summed E-state index contributed by atoms with van der Waals surface area (Å²) >= 11 is 0. The highest BCUT2D eigenvalue weighted by molar-refractivity contribution is 5.78. The number of nitrogens with one attached hydrogen (secondary N) is 1. The second kappa shape index (κ2) is 4.93. The van der Waals surface area contributed by atoms with E-state index in [0.29, 0.717) is 12.8 Å². The van der Waals surface area contributed by atoms with E-state index in [-0.39, 0.29) is 6.42 Å². The van der Waals surface area contributed by atoms with Crippen LogP contribution in [0, 0.1) is 0 Å². The van der Waals surface area contributed by atoms with E-state index in [1.54, 1.807) is 0 Å². The number of hydrogen-bond donors (Lipinski definition) is 2. The Labute approximate surface area is 59.8 Å². The van der Waals surface area contributed by atoms with Crippen LogP contribution in [0.25, 0.3) is 0 Å². The Morgan fingerprint density at radius 3 is 2.70 bits per heavy atom. The molecule has 4 nitrogen and oxygen atoms in total. The number of primary amides is 1. The van der Waals surface area contributed by atoms with Crippen molar-refractivity contribution in [3.63, 3.8) is 0 Å². The molecule has 0 aliphatic heterocycles. The van der Waals surface area contributed by atoms with Gasteiger partial charge < -0.3 is 15.8 Å². The summed E-state index contributed by atoms with van der Waals surface area (Å²) < 4.78 is 0. The number of rotatable bonds is 5. The summed E-state index contributed by atoms with van der Waals surface area (Å²) in [4.78, 5) is 20.4.